The lowest BCUT2D eigenvalue weighted by Gasteiger charge is -2.16. The maximum absolute atomic E-state index is 12.6. The predicted octanol–water partition coefficient (Wildman–Crippen LogP) is 2.72. The zero-order valence-electron chi connectivity index (χ0n) is 7.38. The average Bonchev–Trinajstić information content (AvgIpc) is 2.15. The summed E-state index contributed by atoms with van der Waals surface area (Å²) in [5.41, 5.74) is 0.132. The van der Waals surface area contributed by atoms with Crippen LogP contribution in [0.2, 0.25) is 0 Å². The van der Waals surface area contributed by atoms with Gasteiger partial charge in [-0.05, 0) is 33.6 Å². The number of alkyl halides is 3. The number of methoxy groups -OCH3 is 1. The minimum Gasteiger partial charge on any atom is -0.497 e. The fourth-order valence-electron chi connectivity index (χ4n) is 0.975. The van der Waals surface area contributed by atoms with Crippen LogP contribution in [0.15, 0.2) is 24.3 Å². The number of hydrogen-bond donors (Lipinski definition) is 1. The van der Waals surface area contributed by atoms with Gasteiger partial charge >= 0.3 is 4.83 Å². The van der Waals surface area contributed by atoms with Crippen molar-refractivity contribution in [2.45, 2.75) is 10.9 Å². The molecule has 2 nitrogen and oxygen atoms in total. The number of hydrogen-bond acceptors (Lipinski definition) is 2. The average molecular weight is 267 g/mol. The van der Waals surface area contributed by atoms with E-state index < -0.39 is 10.9 Å². The highest BCUT2D eigenvalue weighted by Crippen LogP contribution is 2.36. The van der Waals surface area contributed by atoms with Gasteiger partial charge in [-0.3, -0.25) is 0 Å². The van der Waals surface area contributed by atoms with Crippen molar-refractivity contribution in [3.05, 3.63) is 29.8 Å². The molecule has 0 bridgehead atoms. The molecule has 0 fully saturated rings. The maximum atomic E-state index is 12.6. The summed E-state index contributed by atoms with van der Waals surface area (Å²) in [6.07, 6.45) is -1.85. The second-order valence-electron chi connectivity index (χ2n) is 2.72. The molecule has 0 radical (unpaired) electrons. The molecule has 5 heteroatoms. The highest BCUT2D eigenvalue weighted by Gasteiger charge is 2.35. The van der Waals surface area contributed by atoms with Crippen LogP contribution >= 0.6 is 15.9 Å². The first-order chi connectivity index (χ1) is 6.45. The normalized spacial score (nSPS) is 13.8. The lowest BCUT2D eigenvalue weighted by molar-refractivity contribution is -0.0294. The number of benzene rings is 1. The topological polar surface area (TPSA) is 29.5 Å². The van der Waals surface area contributed by atoms with Gasteiger partial charge in [-0.25, -0.2) is 0 Å². The quantitative estimate of drug-likeness (QED) is 0.853. The van der Waals surface area contributed by atoms with Crippen molar-refractivity contribution in [3.8, 4) is 5.75 Å². The van der Waals surface area contributed by atoms with Gasteiger partial charge < -0.3 is 9.84 Å². The molecule has 1 atom stereocenters. The van der Waals surface area contributed by atoms with Crippen molar-refractivity contribution >= 4 is 15.9 Å². The van der Waals surface area contributed by atoms with Gasteiger partial charge in [-0.15, -0.1) is 0 Å². The minimum absolute atomic E-state index is 0.132. The van der Waals surface area contributed by atoms with E-state index in [1.165, 1.54) is 31.4 Å². The Balaban J connectivity index is 2.87. The van der Waals surface area contributed by atoms with Gasteiger partial charge in [0, 0.05) is 0 Å². The molecule has 1 rings (SSSR count). The van der Waals surface area contributed by atoms with E-state index >= 15 is 0 Å². The molecule has 78 valence electrons. The first kappa shape index (κ1) is 11.4. The summed E-state index contributed by atoms with van der Waals surface area (Å²) in [6.45, 7) is 0. The van der Waals surface area contributed by atoms with Crippen LogP contribution in [-0.2, 0) is 0 Å². The molecule has 0 aromatic heterocycles. The van der Waals surface area contributed by atoms with Gasteiger partial charge in [0.1, 0.15) is 5.75 Å². The summed E-state index contributed by atoms with van der Waals surface area (Å²) >= 11 is 2.10. The maximum Gasteiger partial charge on any atom is 0.330 e. The predicted molar refractivity (Wildman–Crippen MR) is 51.8 cm³/mol. The molecule has 0 amide bonds. The summed E-state index contributed by atoms with van der Waals surface area (Å²) in [6, 6.07) is 5.80. The van der Waals surface area contributed by atoms with Gasteiger partial charge in [0.15, 0.2) is 6.10 Å². The van der Waals surface area contributed by atoms with Crippen molar-refractivity contribution in [2.24, 2.45) is 0 Å². The first-order valence-electron chi connectivity index (χ1n) is 3.84. The zero-order chi connectivity index (χ0) is 10.8. The molecule has 0 aliphatic heterocycles. The lowest BCUT2D eigenvalue weighted by Crippen LogP contribution is -2.18. The first-order valence-corrected chi connectivity index (χ1v) is 4.63. The summed E-state index contributed by atoms with van der Waals surface area (Å²) in [5, 5.41) is 9.18. The molecule has 1 aromatic carbocycles. The van der Waals surface area contributed by atoms with Crippen LogP contribution in [-0.4, -0.2) is 17.0 Å². The zero-order valence-corrected chi connectivity index (χ0v) is 8.96. The molecule has 0 aliphatic rings. The number of rotatable bonds is 3. The van der Waals surface area contributed by atoms with Crippen LogP contribution in [0.3, 0.4) is 0 Å². The smallest absolute Gasteiger partial charge is 0.330 e. The van der Waals surface area contributed by atoms with Gasteiger partial charge in [-0.1, -0.05) is 12.1 Å². The molecule has 1 aromatic rings. The van der Waals surface area contributed by atoms with E-state index in [1.807, 2.05) is 0 Å². The SMILES string of the molecule is COc1ccc(C(O)C(F)(F)Br)cc1. The van der Waals surface area contributed by atoms with E-state index in [1.54, 1.807) is 0 Å². The van der Waals surface area contributed by atoms with Crippen LogP contribution in [0.25, 0.3) is 0 Å². The standard InChI is InChI=1S/C9H9BrF2O2/c1-14-7-4-2-6(3-5-7)8(13)9(10,11)12/h2-5,8,13H,1H3. The summed E-state index contributed by atoms with van der Waals surface area (Å²) in [7, 11) is 1.48. The minimum atomic E-state index is -3.32. The third kappa shape index (κ3) is 2.65. The van der Waals surface area contributed by atoms with Crippen molar-refractivity contribution in [2.75, 3.05) is 7.11 Å². The monoisotopic (exact) mass is 266 g/mol. The molecular formula is C9H9BrF2O2. The van der Waals surface area contributed by atoms with Gasteiger partial charge in [-0.2, -0.15) is 8.78 Å². The van der Waals surface area contributed by atoms with Gasteiger partial charge in [0.25, 0.3) is 0 Å². The fraction of sp³-hybridized carbons (Fsp3) is 0.333. The summed E-state index contributed by atoms with van der Waals surface area (Å²) in [4.78, 5) is -3.32. The Labute approximate surface area is 88.6 Å². The molecule has 14 heavy (non-hydrogen) atoms. The molecule has 1 unspecified atom stereocenters. The summed E-state index contributed by atoms with van der Waals surface area (Å²) < 4.78 is 30.1. The second kappa shape index (κ2) is 4.23. The molecule has 0 aliphatic carbocycles. The van der Waals surface area contributed by atoms with E-state index in [4.69, 9.17) is 4.74 Å². The summed E-state index contributed by atoms with van der Waals surface area (Å²) in [5.74, 6) is 0.554. The van der Waals surface area contributed by atoms with Gasteiger partial charge in [0.2, 0.25) is 0 Å². The third-order valence-electron chi connectivity index (χ3n) is 1.74. The number of aliphatic hydroxyl groups is 1. The van der Waals surface area contributed by atoms with Crippen molar-refractivity contribution in [1.29, 1.82) is 0 Å². The molecule has 0 saturated carbocycles. The van der Waals surface area contributed by atoms with Gasteiger partial charge in [0.05, 0.1) is 7.11 Å². The number of halogens is 3. The van der Waals surface area contributed by atoms with Crippen molar-refractivity contribution in [1.82, 2.24) is 0 Å². The van der Waals surface area contributed by atoms with E-state index in [0.29, 0.717) is 5.75 Å². The Hall–Kier alpha value is -0.680. The highest BCUT2D eigenvalue weighted by molar-refractivity contribution is 9.10. The molecular weight excluding hydrogens is 258 g/mol. The Morgan fingerprint density at radius 2 is 1.86 bits per heavy atom. The fourth-order valence-corrected chi connectivity index (χ4v) is 1.24. The van der Waals surface area contributed by atoms with Crippen LogP contribution in [0.4, 0.5) is 8.78 Å². The van der Waals surface area contributed by atoms with Crippen LogP contribution in [0.1, 0.15) is 11.7 Å². The van der Waals surface area contributed by atoms with Crippen LogP contribution in [0.5, 0.6) is 5.75 Å². The molecule has 1 N–H and O–H groups in total. The third-order valence-corrected chi connectivity index (χ3v) is 2.18. The number of aliphatic hydroxyl groups excluding tert-OH is 1. The number of ether oxygens (including phenoxy) is 1. The van der Waals surface area contributed by atoms with E-state index in [-0.39, 0.29) is 5.56 Å². The van der Waals surface area contributed by atoms with E-state index in [2.05, 4.69) is 15.9 Å². The Morgan fingerprint density at radius 3 is 2.21 bits per heavy atom. The Bertz CT molecular complexity index is 295. The Kier molecular flexibility index (Phi) is 3.44. The Morgan fingerprint density at radius 1 is 1.36 bits per heavy atom. The largest absolute Gasteiger partial charge is 0.497 e. The van der Waals surface area contributed by atoms with Crippen molar-refractivity contribution in [3.63, 3.8) is 0 Å². The lowest BCUT2D eigenvalue weighted by atomic mass is 10.1. The van der Waals surface area contributed by atoms with E-state index in [9.17, 15) is 13.9 Å². The second-order valence-corrected chi connectivity index (χ2v) is 3.77. The van der Waals surface area contributed by atoms with E-state index in [0.717, 1.165) is 0 Å². The molecule has 0 saturated heterocycles. The van der Waals surface area contributed by atoms with Crippen LogP contribution in [0, 0.1) is 0 Å². The molecule has 0 heterocycles. The highest BCUT2D eigenvalue weighted by atomic mass is 79.9. The van der Waals surface area contributed by atoms with Crippen molar-refractivity contribution < 1.29 is 18.6 Å². The molecule has 0 spiro atoms. The van der Waals surface area contributed by atoms with Crippen LogP contribution < -0.4 is 4.74 Å².